The van der Waals surface area contributed by atoms with Gasteiger partial charge in [0, 0.05) is 6.30 Å². The predicted octanol–water partition coefficient (Wildman–Crippen LogP) is 4.92. The first-order valence-electron chi connectivity index (χ1n) is 6.67. The van der Waals surface area contributed by atoms with Gasteiger partial charge in [-0.15, -0.1) is 0 Å². The molecule has 1 amide bonds. The van der Waals surface area contributed by atoms with E-state index in [2.05, 4.69) is 9.69 Å². The highest BCUT2D eigenvalue weighted by atomic mass is 32.1. The molecule has 0 radical (unpaired) electrons. The molecule has 0 saturated carbocycles. The monoisotopic (exact) mass is 312 g/mol. The van der Waals surface area contributed by atoms with E-state index in [1.54, 1.807) is 12.1 Å². The van der Waals surface area contributed by atoms with Crippen LogP contribution in [0, 0.1) is 19.7 Å². The summed E-state index contributed by atoms with van der Waals surface area (Å²) in [6, 6.07) is 5.80. The van der Waals surface area contributed by atoms with E-state index < -0.39 is 6.09 Å². The number of anilines is 1. The van der Waals surface area contributed by atoms with Crippen LogP contribution < -0.4 is 5.32 Å². The Morgan fingerprint density at radius 2 is 1.95 bits per heavy atom. The Kier molecular flexibility index (Phi) is 6.81. The van der Waals surface area contributed by atoms with Crippen LogP contribution in [0.1, 0.15) is 31.4 Å². The zero-order valence-electron chi connectivity index (χ0n) is 12.6. The summed E-state index contributed by atoms with van der Waals surface area (Å²) in [5.41, 5.74) is 2.18. The number of ether oxygens (including phenoxy) is 1. The van der Waals surface area contributed by atoms with Gasteiger partial charge in [-0.3, -0.25) is 5.32 Å². The molecule has 1 N–H and O–H groups in total. The molecule has 0 unspecified atom stereocenters. The largest absolute Gasteiger partial charge is 0.444 e. The lowest BCUT2D eigenvalue weighted by molar-refractivity contribution is 0.155. The number of rotatable bonds is 3. The Labute approximate surface area is 129 Å². The number of aryl methyl sites for hydroxylation is 2. The van der Waals surface area contributed by atoms with Gasteiger partial charge in [0.2, 0.25) is 0 Å². The average molecular weight is 312 g/mol. The minimum Gasteiger partial charge on any atom is -0.444 e. The molecule has 0 aliphatic rings. The summed E-state index contributed by atoms with van der Waals surface area (Å²) in [6.45, 7) is 7.79. The highest BCUT2D eigenvalue weighted by molar-refractivity contribution is 7.06. The van der Waals surface area contributed by atoms with Crippen molar-refractivity contribution in [3.63, 3.8) is 0 Å². The molecule has 0 bridgehead atoms. The molecule has 6 heteroatoms. The van der Waals surface area contributed by atoms with Crippen molar-refractivity contribution in [1.29, 1.82) is 0 Å². The smallest absolute Gasteiger partial charge is 0.412 e. The van der Waals surface area contributed by atoms with Gasteiger partial charge in [-0.2, -0.15) is 4.37 Å². The number of carbonyl (C=O) groups excluding carboxylic acids is 1. The Bertz CT molecular complexity index is 568. The standard InChI is InChI=1S/C13H13FN2O2S.C2H6.H2/c1-8-12(9(2)19-16-8)15-13(17)18-7-10-3-5-11(14)6-4-10;1-2;/h3-6H,7H2,1-2H3,(H,15,17);1-2H3;1H. The summed E-state index contributed by atoms with van der Waals surface area (Å²) in [4.78, 5) is 12.6. The summed E-state index contributed by atoms with van der Waals surface area (Å²) < 4.78 is 21.9. The minimum absolute atomic E-state index is 0. The molecule has 0 aliphatic carbocycles. The minimum atomic E-state index is -0.546. The van der Waals surface area contributed by atoms with Crippen LogP contribution in [-0.4, -0.2) is 10.5 Å². The number of hydrogen-bond acceptors (Lipinski definition) is 4. The van der Waals surface area contributed by atoms with Gasteiger partial charge in [0.05, 0.1) is 11.4 Å². The van der Waals surface area contributed by atoms with E-state index in [1.807, 2.05) is 27.7 Å². The molecule has 0 aliphatic heterocycles. The summed E-state index contributed by atoms with van der Waals surface area (Å²) in [6.07, 6.45) is -0.546. The number of amides is 1. The van der Waals surface area contributed by atoms with E-state index in [0.717, 1.165) is 16.1 Å². The van der Waals surface area contributed by atoms with Crippen molar-refractivity contribution in [2.75, 3.05) is 5.32 Å². The zero-order chi connectivity index (χ0) is 15.8. The molecular weight excluding hydrogens is 291 g/mol. The van der Waals surface area contributed by atoms with Crippen LogP contribution in [0.25, 0.3) is 0 Å². The third kappa shape index (κ3) is 5.15. The summed E-state index contributed by atoms with van der Waals surface area (Å²) in [5.74, 6) is -0.316. The Balaban J connectivity index is 0.00000141. The highest BCUT2D eigenvalue weighted by Crippen LogP contribution is 2.23. The van der Waals surface area contributed by atoms with Crippen LogP contribution in [0.5, 0.6) is 0 Å². The third-order valence-electron chi connectivity index (χ3n) is 2.54. The summed E-state index contributed by atoms with van der Waals surface area (Å²) in [5, 5.41) is 2.65. The van der Waals surface area contributed by atoms with E-state index in [0.29, 0.717) is 5.69 Å². The fourth-order valence-corrected chi connectivity index (χ4v) is 2.18. The number of benzene rings is 1. The van der Waals surface area contributed by atoms with Crippen LogP contribution in [0.3, 0.4) is 0 Å². The van der Waals surface area contributed by atoms with Crippen molar-refractivity contribution in [2.45, 2.75) is 34.3 Å². The van der Waals surface area contributed by atoms with Crippen molar-refractivity contribution >= 4 is 23.3 Å². The second kappa shape index (κ2) is 8.36. The number of hydrogen-bond donors (Lipinski definition) is 1. The zero-order valence-corrected chi connectivity index (χ0v) is 13.4. The van der Waals surface area contributed by atoms with Crippen molar-refractivity contribution < 1.29 is 15.3 Å². The van der Waals surface area contributed by atoms with Crippen LogP contribution in [0.4, 0.5) is 14.9 Å². The second-order valence-electron chi connectivity index (χ2n) is 4.03. The summed E-state index contributed by atoms with van der Waals surface area (Å²) in [7, 11) is 0. The molecule has 0 saturated heterocycles. The van der Waals surface area contributed by atoms with E-state index >= 15 is 0 Å². The van der Waals surface area contributed by atoms with Gasteiger partial charge in [-0.25, -0.2) is 9.18 Å². The lowest BCUT2D eigenvalue weighted by atomic mass is 10.2. The van der Waals surface area contributed by atoms with Crippen molar-refractivity contribution in [3.05, 3.63) is 46.2 Å². The molecule has 0 atom stereocenters. The van der Waals surface area contributed by atoms with E-state index in [-0.39, 0.29) is 13.9 Å². The maximum absolute atomic E-state index is 12.7. The molecule has 0 fully saturated rings. The predicted molar refractivity (Wildman–Crippen MR) is 85.3 cm³/mol. The van der Waals surface area contributed by atoms with Gasteiger partial charge in [-0.05, 0) is 43.1 Å². The van der Waals surface area contributed by atoms with Crippen LogP contribution >= 0.6 is 11.5 Å². The Hall–Kier alpha value is -1.95. The first-order chi connectivity index (χ1) is 10.1. The molecule has 116 valence electrons. The molecule has 21 heavy (non-hydrogen) atoms. The average Bonchev–Trinajstić information content (AvgIpc) is 2.81. The van der Waals surface area contributed by atoms with Crippen LogP contribution in [0.2, 0.25) is 0 Å². The van der Waals surface area contributed by atoms with Crippen molar-refractivity contribution in [2.24, 2.45) is 0 Å². The highest BCUT2D eigenvalue weighted by Gasteiger charge is 2.11. The van der Waals surface area contributed by atoms with Gasteiger partial charge in [0.1, 0.15) is 12.4 Å². The Morgan fingerprint density at radius 1 is 1.33 bits per heavy atom. The fourth-order valence-electron chi connectivity index (χ4n) is 1.53. The van der Waals surface area contributed by atoms with Crippen LogP contribution in [0.15, 0.2) is 24.3 Å². The Morgan fingerprint density at radius 3 is 2.48 bits per heavy atom. The van der Waals surface area contributed by atoms with Crippen molar-refractivity contribution in [3.8, 4) is 0 Å². The number of aromatic nitrogens is 1. The summed E-state index contributed by atoms with van der Waals surface area (Å²) >= 11 is 1.33. The molecule has 1 aromatic heterocycles. The maximum atomic E-state index is 12.7. The normalized spacial score (nSPS) is 9.57. The van der Waals surface area contributed by atoms with Gasteiger partial charge in [-0.1, -0.05) is 26.0 Å². The SMILES string of the molecule is CC.Cc1nsc(C)c1NC(=O)OCc1ccc(F)cc1.[HH]. The molecule has 1 aromatic carbocycles. The molecule has 0 spiro atoms. The van der Waals surface area contributed by atoms with Crippen LogP contribution in [-0.2, 0) is 11.3 Å². The van der Waals surface area contributed by atoms with E-state index in [9.17, 15) is 9.18 Å². The quantitative estimate of drug-likeness (QED) is 0.875. The molecule has 1 heterocycles. The van der Waals surface area contributed by atoms with E-state index in [1.165, 1.54) is 23.7 Å². The third-order valence-corrected chi connectivity index (χ3v) is 3.39. The molecular formula is C15H21FN2O2S. The topological polar surface area (TPSA) is 51.2 Å². The first-order valence-corrected chi connectivity index (χ1v) is 7.44. The second-order valence-corrected chi connectivity index (χ2v) is 5.00. The number of halogens is 1. The maximum Gasteiger partial charge on any atom is 0.412 e. The van der Waals surface area contributed by atoms with E-state index in [4.69, 9.17) is 4.74 Å². The first kappa shape index (κ1) is 17.1. The molecule has 4 nitrogen and oxygen atoms in total. The van der Waals surface area contributed by atoms with Crippen molar-refractivity contribution in [1.82, 2.24) is 4.37 Å². The van der Waals surface area contributed by atoms with Gasteiger partial charge < -0.3 is 4.74 Å². The molecule has 2 rings (SSSR count). The number of nitrogens with zero attached hydrogens (tertiary/aromatic N) is 1. The number of carbonyl (C=O) groups is 1. The van der Waals surface area contributed by atoms with Gasteiger partial charge in [0.25, 0.3) is 0 Å². The lowest BCUT2D eigenvalue weighted by Gasteiger charge is -2.07. The number of nitrogens with one attached hydrogen (secondary N) is 1. The lowest BCUT2D eigenvalue weighted by Crippen LogP contribution is -2.14. The molecule has 2 aromatic rings. The fraction of sp³-hybridized carbons (Fsp3) is 0.333. The van der Waals surface area contributed by atoms with Gasteiger partial charge in [0.15, 0.2) is 0 Å². The van der Waals surface area contributed by atoms with Gasteiger partial charge >= 0.3 is 6.09 Å².